The lowest BCUT2D eigenvalue weighted by atomic mass is 10.1. The zero-order chi connectivity index (χ0) is 11.1. The highest BCUT2D eigenvalue weighted by molar-refractivity contribution is 5.71. The van der Waals surface area contributed by atoms with Crippen LogP contribution in [0.1, 0.15) is 32.3 Å². The van der Waals surface area contributed by atoms with E-state index in [1.807, 2.05) is 37.3 Å². The molecule has 0 bridgehead atoms. The summed E-state index contributed by atoms with van der Waals surface area (Å²) >= 11 is 0. The molecule has 0 N–H and O–H groups in total. The molecule has 15 heavy (non-hydrogen) atoms. The maximum atomic E-state index is 11.5. The largest absolute Gasteiger partial charge is 0.461 e. The third-order valence-corrected chi connectivity index (χ3v) is 2.35. The summed E-state index contributed by atoms with van der Waals surface area (Å²) in [6.07, 6.45) is 1.91. The summed E-state index contributed by atoms with van der Waals surface area (Å²) in [6, 6.07) is 9.75. The number of benzene rings is 1. The number of ether oxygens (including phenoxy) is 1. The maximum absolute atomic E-state index is 11.5. The van der Waals surface area contributed by atoms with Gasteiger partial charge in [0.2, 0.25) is 0 Å². The van der Waals surface area contributed by atoms with Crippen molar-refractivity contribution >= 4 is 5.97 Å². The van der Waals surface area contributed by atoms with Crippen molar-refractivity contribution in [3.63, 3.8) is 0 Å². The van der Waals surface area contributed by atoms with Crippen LogP contribution < -0.4 is 0 Å². The van der Waals surface area contributed by atoms with Gasteiger partial charge in [0.1, 0.15) is 6.61 Å². The molecule has 0 aliphatic rings. The van der Waals surface area contributed by atoms with Crippen LogP contribution >= 0.6 is 0 Å². The minimum atomic E-state index is -0.0966. The van der Waals surface area contributed by atoms with Crippen LogP contribution in [0, 0.1) is 5.92 Å². The smallest absolute Gasteiger partial charge is 0.308 e. The maximum Gasteiger partial charge on any atom is 0.308 e. The molecule has 0 saturated heterocycles. The highest BCUT2D eigenvalue weighted by Crippen LogP contribution is 2.09. The second kappa shape index (κ2) is 6.23. The lowest BCUT2D eigenvalue weighted by Crippen LogP contribution is -2.14. The fraction of sp³-hybridized carbons (Fsp3) is 0.462. The zero-order valence-electron chi connectivity index (χ0n) is 9.40. The summed E-state index contributed by atoms with van der Waals surface area (Å²) in [4.78, 5) is 11.5. The SMILES string of the molecule is CCC[C@H](C)C(=O)OCc1ccccc1. The van der Waals surface area contributed by atoms with Gasteiger partial charge in [-0.05, 0) is 12.0 Å². The molecular weight excluding hydrogens is 188 g/mol. The third kappa shape index (κ3) is 4.15. The third-order valence-electron chi connectivity index (χ3n) is 2.35. The Morgan fingerprint density at radius 1 is 1.33 bits per heavy atom. The molecule has 1 aromatic carbocycles. The minimum Gasteiger partial charge on any atom is -0.461 e. The van der Waals surface area contributed by atoms with Crippen molar-refractivity contribution in [2.45, 2.75) is 33.3 Å². The summed E-state index contributed by atoms with van der Waals surface area (Å²) in [6.45, 7) is 4.37. The van der Waals surface area contributed by atoms with Crippen molar-refractivity contribution in [1.82, 2.24) is 0 Å². The van der Waals surface area contributed by atoms with Gasteiger partial charge in [0.15, 0.2) is 0 Å². The number of esters is 1. The summed E-state index contributed by atoms with van der Waals surface area (Å²) in [7, 11) is 0. The normalized spacial score (nSPS) is 12.1. The van der Waals surface area contributed by atoms with Gasteiger partial charge in [0.05, 0.1) is 5.92 Å². The summed E-state index contributed by atoms with van der Waals surface area (Å²) in [5.74, 6) is -0.0839. The predicted molar refractivity (Wildman–Crippen MR) is 60.3 cm³/mol. The van der Waals surface area contributed by atoms with Gasteiger partial charge in [-0.1, -0.05) is 50.6 Å². The Morgan fingerprint density at radius 2 is 2.00 bits per heavy atom. The van der Waals surface area contributed by atoms with E-state index in [0.717, 1.165) is 18.4 Å². The molecule has 0 amide bonds. The van der Waals surface area contributed by atoms with Crippen LogP contribution in [0.3, 0.4) is 0 Å². The predicted octanol–water partition coefficient (Wildman–Crippen LogP) is 3.17. The number of carbonyl (C=O) groups is 1. The first-order chi connectivity index (χ1) is 7.24. The van der Waals surface area contributed by atoms with E-state index >= 15 is 0 Å². The van der Waals surface area contributed by atoms with Gasteiger partial charge >= 0.3 is 5.97 Å². The molecule has 1 rings (SSSR count). The number of carbonyl (C=O) groups excluding carboxylic acids is 1. The Bertz CT molecular complexity index is 293. The van der Waals surface area contributed by atoms with Crippen LogP contribution in [0.2, 0.25) is 0 Å². The zero-order valence-corrected chi connectivity index (χ0v) is 9.40. The second-order valence-electron chi connectivity index (χ2n) is 3.78. The van der Waals surface area contributed by atoms with Crippen LogP contribution in [-0.2, 0) is 16.1 Å². The molecule has 0 aromatic heterocycles. The molecule has 1 atom stereocenters. The molecule has 0 radical (unpaired) electrons. The molecule has 0 aliphatic heterocycles. The number of hydrogen-bond acceptors (Lipinski definition) is 2. The summed E-state index contributed by atoms with van der Waals surface area (Å²) in [5, 5.41) is 0. The van der Waals surface area contributed by atoms with E-state index in [9.17, 15) is 4.79 Å². The van der Waals surface area contributed by atoms with Gasteiger partial charge < -0.3 is 4.74 Å². The molecule has 0 unspecified atom stereocenters. The van der Waals surface area contributed by atoms with Crippen molar-refractivity contribution in [2.24, 2.45) is 5.92 Å². The average molecular weight is 206 g/mol. The lowest BCUT2D eigenvalue weighted by Gasteiger charge is -2.10. The highest BCUT2D eigenvalue weighted by atomic mass is 16.5. The molecule has 2 nitrogen and oxygen atoms in total. The number of rotatable bonds is 5. The highest BCUT2D eigenvalue weighted by Gasteiger charge is 2.12. The molecule has 0 fully saturated rings. The topological polar surface area (TPSA) is 26.3 Å². The first-order valence-electron chi connectivity index (χ1n) is 5.44. The van der Waals surface area contributed by atoms with Crippen LogP contribution in [0.5, 0.6) is 0 Å². The Labute approximate surface area is 91.3 Å². The second-order valence-corrected chi connectivity index (χ2v) is 3.78. The van der Waals surface area contributed by atoms with Gasteiger partial charge in [0.25, 0.3) is 0 Å². The molecule has 82 valence electrons. The van der Waals surface area contributed by atoms with Crippen LogP contribution in [0.15, 0.2) is 30.3 Å². The van der Waals surface area contributed by atoms with Crippen molar-refractivity contribution in [1.29, 1.82) is 0 Å². The summed E-state index contributed by atoms with van der Waals surface area (Å²) < 4.78 is 5.20. The lowest BCUT2D eigenvalue weighted by molar-refractivity contribution is -0.149. The molecule has 0 saturated carbocycles. The standard InChI is InChI=1S/C13H18O2/c1-3-7-11(2)13(14)15-10-12-8-5-4-6-9-12/h4-6,8-9,11H,3,7,10H2,1-2H3/t11-/m0/s1. The summed E-state index contributed by atoms with van der Waals surface area (Å²) in [5.41, 5.74) is 1.04. The van der Waals surface area contributed by atoms with E-state index in [4.69, 9.17) is 4.74 Å². The first kappa shape index (κ1) is 11.8. The van der Waals surface area contributed by atoms with E-state index in [-0.39, 0.29) is 11.9 Å². The van der Waals surface area contributed by atoms with Crippen LogP contribution in [-0.4, -0.2) is 5.97 Å². The Hall–Kier alpha value is -1.31. The quantitative estimate of drug-likeness (QED) is 0.692. The first-order valence-corrected chi connectivity index (χ1v) is 5.44. The van der Waals surface area contributed by atoms with Gasteiger partial charge in [-0.2, -0.15) is 0 Å². The van der Waals surface area contributed by atoms with Gasteiger partial charge in [0, 0.05) is 0 Å². The monoisotopic (exact) mass is 206 g/mol. The fourth-order valence-electron chi connectivity index (χ4n) is 1.42. The Kier molecular flexibility index (Phi) is 4.88. The number of hydrogen-bond donors (Lipinski definition) is 0. The Balaban J connectivity index is 2.34. The van der Waals surface area contributed by atoms with E-state index in [2.05, 4.69) is 6.92 Å². The minimum absolute atomic E-state index is 0.0127. The molecule has 0 heterocycles. The molecule has 0 spiro atoms. The Morgan fingerprint density at radius 3 is 2.60 bits per heavy atom. The van der Waals surface area contributed by atoms with Crippen LogP contribution in [0.4, 0.5) is 0 Å². The van der Waals surface area contributed by atoms with E-state index in [1.54, 1.807) is 0 Å². The van der Waals surface area contributed by atoms with Crippen molar-refractivity contribution in [3.05, 3.63) is 35.9 Å². The molecular formula is C13H18O2. The van der Waals surface area contributed by atoms with E-state index in [0.29, 0.717) is 6.61 Å². The van der Waals surface area contributed by atoms with E-state index < -0.39 is 0 Å². The van der Waals surface area contributed by atoms with Gasteiger partial charge in [-0.15, -0.1) is 0 Å². The average Bonchev–Trinajstić information content (AvgIpc) is 2.27. The molecule has 0 aliphatic carbocycles. The van der Waals surface area contributed by atoms with E-state index in [1.165, 1.54) is 0 Å². The van der Waals surface area contributed by atoms with Crippen molar-refractivity contribution < 1.29 is 9.53 Å². The fourth-order valence-corrected chi connectivity index (χ4v) is 1.42. The van der Waals surface area contributed by atoms with Crippen LogP contribution in [0.25, 0.3) is 0 Å². The van der Waals surface area contributed by atoms with Gasteiger partial charge in [-0.3, -0.25) is 4.79 Å². The molecule has 2 heteroatoms. The van der Waals surface area contributed by atoms with Crippen molar-refractivity contribution in [2.75, 3.05) is 0 Å². The van der Waals surface area contributed by atoms with Gasteiger partial charge in [-0.25, -0.2) is 0 Å². The molecule has 1 aromatic rings. The van der Waals surface area contributed by atoms with Crippen molar-refractivity contribution in [3.8, 4) is 0 Å².